The average Bonchev–Trinajstić information content (AvgIpc) is 2.36. The summed E-state index contributed by atoms with van der Waals surface area (Å²) >= 11 is 0. The van der Waals surface area contributed by atoms with E-state index in [9.17, 15) is 9.59 Å². The minimum Gasteiger partial charge on any atom is -0.493 e. The monoisotopic (exact) mass is 265 g/mol. The predicted molar refractivity (Wildman–Crippen MR) is 70.8 cm³/mol. The Balaban J connectivity index is 2.80. The number of benzene rings is 1. The third kappa shape index (κ3) is 4.99. The molecule has 0 atom stereocenters. The Morgan fingerprint density at radius 3 is 2.68 bits per heavy atom. The molecule has 0 fully saturated rings. The highest BCUT2D eigenvalue weighted by Gasteiger charge is 2.13. The van der Waals surface area contributed by atoms with Gasteiger partial charge in [0.05, 0.1) is 12.2 Å². The molecule has 0 aliphatic rings. The number of amides is 1. The lowest BCUT2D eigenvalue weighted by Gasteiger charge is -2.11. The standard InChI is InChI=1S/C14H19NO4/c1-4-5-8-18-13-9-10(2)6-7-12(13)14(17)15-19-11(3)16/h6-7,9H,4-5,8H2,1-3H3,(H,15,17). The van der Waals surface area contributed by atoms with Crippen LogP contribution in [-0.2, 0) is 9.63 Å². The fraction of sp³-hybridized carbons (Fsp3) is 0.429. The Bertz CT molecular complexity index is 457. The summed E-state index contributed by atoms with van der Waals surface area (Å²) in [5.41, 5.74) is 3.43. The van der Waals surface area contributed by atoms with Crippen molar-refractivity contribution in [3.63, 3.8) is 0 Å². The van der Waals surface area contributed by atoms with Gasteiger partial charge in [-0.25, -0.2) is 0 Å². The van der Waals surface area contributed by atoms with Crippen molar-refractivity contribution in [2.45, 2.75) is 33.6 Å². The molecule has 1 N–H and O–H groups in total. The first-order valence-electron chi connectivity index (χ1n) is 6.25. The quantitative estimate of drug-likeness (QED) is 0.655. The topological polar surface area (TPSA) is 64.6 Å². The van der Waals surface area contributed by atoms with Gasteiger partial charge in [-0.05, 0) is 31.0 Å². The fourth-order valence-electron chi connectivity index (χ4n) is 1.44. The summed E-state index contributed by atoms with van der Waals surface area (Å²) in [6.45, 7) is 5.75. The molecule has 1 aromatic rings. The SMILES string of the molecule is CCCCOc1cc(C)ccc1C(=O)NOC(C)=O. The van der Waals surface area contributed by atoms with Gasteiger partial charge in [0.15, 0.2) is 0 Å². The van der Waals surface area contributed by atoms with E-state index in [-0.39, 0.29) is 0 Å². The molecule has 5 heteroatoms. The lowest BCUT2D eigenvalue weighted by molar-refractivity contribution is -0.146. The van der Waals surface area contributed by atoms with Crippen LogP contribution in [0.5, 0.6) is 5.75 Å². The first kappa shape index (κ1) is 15.0. The van der Waals surface area contributed by atoms with Gasteiger partial charge in [0.25, 0.3) is 5.91 Å². The number of hydroxylamine groups is 1. The van der Waals surface area contributed by atoms with Gasteiger partial charge in [-0.2, -0.15) is 5.48 Å². The Hall–Kier alpha value is -2.04. The number of unbranched alkanes of at least 4 members (excludes halogenated alkanes) is 1. The molecule has 0 aliphatic carbocycles. The molecular weight excluding hydrogens is 246 g/mol. The van der Waals surface area contributed by atoms with Crippen LogP contribution in [0, 0.1) is 6.92 Å². The molecule has 0 aromatic heterocycles. The number of hydrogen-bond donors (Lipinski definition) is 1. The molecule has 1 amide bonds. The van der Waals surface area contributed by atoms with E-state index in [4.69, 9.17) is 4.74 Å². The van der Waals surface area contributed by atoms with Crippen molar-refractivity contribution < 1.29 is 19.2 Å². The number of aryl methyl sites for hydroxylation is 1. The summed E-state index contributed by atoms with van der Waals surface area (Å²) in [4.78, 5) is 27.0. The Morgan fingerprint density at radius 2 is 2.05 bits per heavy atom. The van der Waals surface area contributed by atoms with E-state index in [1.807, 2.05) is 6.92 Å². The molecule has 5 nitrogen and oxygen atoms in total. The van der Waals surface area contributed by atoms with E-state index in [0.29, 0.717) is 17.9 Å². The van der Waals surface area contributed by atoms with Crippen molar-refractivity contribution in [3.05, 3.63) is 29.3 Å². The van der Waals surface area contributed by atoms with Crippen LogP contribution in [0.25, 0.3) is 0 Å². The molecule has 104 valence electrons. The van der Waals surface area contributed by atoms with Crippen molar-refractivity contribution in [3.8, 4) is 5.75 Å². The molecular formula is C14H19NO4. The van der Waals surface area contributed by atoms with E-state index in [2.05, 4.69) is 17.2 Å². The van der Waals surface area contributed by atoms with Crippen molar-refractivity contribution in [1.29, 1.82) is 0 Å². The first-order chi connectivity index (χ1) is 9.04. The average molecular weight is 265 g/mol. The Kier molecular flexibility index (Phi) is 5.85. The smallest absolute Gasteiger partial charge is 0.329 e. The molecule has 1 rings (SSSR count). The number of carbonyl (C=O) groups excluding carboxylic acids is 2. The number of ether oxygens (including phenoxy) is 1. The summed E-state index contributed by atoms with van der Waals surface area (Å²) in [6, 6.07) is 5.24. The number of rotatable bonds is 5. The van der Waals surface area contributed by atoms with Crippen LogP contribution in [0.4, 0.5) is 0 Å². The highest BCUT2D eigenvalue weighted by molar-refractivity contribution is 5.96. The first-order valence-corrected chi connectivity index (χ1v) is 6.25. The second kappa shape index (κ2) is 7.41. The van der Waals surface area contributed by atoms with Gasteiger partial charge < -0.3 is 9.57 Å². The van der Waals surface area contributed by atoms with Gasteiger partial charge in [-0.3, -0.25) is 9.59 Å². The van der Waals surface area contributed by atoms with Crippen LogP contribution in [0.15, 0.2) is 18.2 Å². The fourth-order valence-corrected chi connectivity index (χ4v) is 1.44. The van der Waals surface area contributed by atoms with Gasteiger partial charge in [0, 0.05) is 6.92 Å². The molecule has 19 heavy (non-hydrogen) atoms. The molecule has 1 aromatic carbocycles. The molecule has 0 radical (unpaired) electrons. The van der Waals surface area contributed by atoms with E-state index >= 15 is 0 Å². The maximum atomic E-state index is 11.8. The molecule has 0 aliphatic heterocycles. The van der Waals surface area contributed by atoms with Crippen molar-refractivity contribution >= 4 is 11.9 Å². The van der Waals surface area contributed by atoms with Crippen LogP contribution < -0.4 is 10.2 Å². The Labute approximate surface area is 112 Å². The second-order valence-corrected chi connectivity index (χ2v) is 4.23. The molecule has 0 saturated carbocycles. The molecule has 0 saturated heterocycles. The zero-order valence-corrected chi connectivity index (χ0v) is 11.5. The minimum absolute atomic E-state index is 0.350. The predicted octanol–water partition coefficient (Wildman–Crippen LogP) is 2.38. The molecule has 0 unspecified atom stereocenters. The van der Waals surface area contributed by atoms with Crippen LogP contribution >= 0.6 is 0 Å². The van der Waals surface area contributed by atoms with Gasteiger partial charge >= 0.3 is 5.97 Å². The van der Waals surface area contributed by atoms with Gasteiger partial charge in [-0.1, -0.05) is 19.4 Å². The van der Waals surface area contributed by atoms with E-state index in [1.165, 1.54) is 6.92 Å². The van der Waals surface area contributed by atoms with Gasteiger partial charge in [-0.15, -0.1) is 0 Å². The normalized spacial score (nSPS) is 9.84. The second-order valence-electron chi connectivity index (χ2n) is 4.23. The van der Waals surface area contributed by atoms with Crippen LogP contribution in [0.1, 0.15) is 42.6 Å². The number of carbonyl (C=O) groups is 2. The molecule has 0 bridgehead atoms. The van der Waals surface area contributed by atoms with Crippen LogP contribution in [0.2, 0.25) is 0 Å². The number of hydrogen-bond acceptors (Lipinski definition) is 4. The lowest BCUT2D eigenvalue weighted by Crippen LogP contribution is -2.26. The van der Waals surface area contributed by atoms with Crippen molar-refractivity contribution in [2.24, 2.45) is 0 Å². The lowest BCUT2D eigenvalue weighted by atomic mass is 10.1. The minimum atomic E-state index is -0.575. The zero-order valence-electron chi connectivity index (χ0n) is 11.5. The molecule has 0 heterocycles. The summed E-state index contributed by atoms with van der Waals surface area (Å²) in [5.74, 6) is -0.575. The van der Waals surface area contributed by atoms with Crippen LogP contribution in [0.3, 0.4) is 0 Å². The Morgan fingerprint density at radius 1 is 1.32 bits per heavy atom. The van der Waals surface area contributed by atoms with E-state index in [1.54, 1.807) is 18.2 Å². The zero-order chi connectivity index (χ0) is 14.3. The van der Waals surface area contributed by atoms with Crippen molar-refractivity contribution in [1.82, 2.24) is 5.48 Å². The summed E-state index contributed by atoms with van der Waals surface area (Å²) in [6.07, 6.45) is 1.93. The maximum Gasteiger partial charge on any atom is 0.329 e. The van der Waals surface area contributed by atoms with Crippen LogP contribution in [-0.4, -0.2) is 18.5 Å². The van der Waals surface area contributed by atoms with Crippen molar-refractivity contribution in [2.75, 3.05) is 6.61 Å². The third-order valence-electron chi connectivity index (χ3n) is 2.42. The maximum absolute atomic E-state index is 11.8. The van der Waals surface area contributed by atoms with E-state index in [0.717, 1.165) is 18.4 Å². The molecule has 0 spiro atoms. The largest absolute Gasteiger partial charge is 0.493 e. The van der Waals surface area contributed by atoms with Gasteiger partial charge in [0.2, 0.25) is 0 Å². The summed E-state index contributed by atoms with van der Waals surface area (Å²) < 4.78 is 5.59. The third-order valence-corrected chi connectivity index (χ3v) is 2.42. The summed E-state index contributed by atoms with van der Waals surface area (Å²) in [7, 11) is 0. The highest BCUT2D eigenvalue weighted by Crippen LogP contribution is 2.20. The summed E-state index contributed by atoms with van der Waals surface area (Å²) in [5, 5.41) is 0. The number of nitrogens with one attached hydrogen (secondary N) is 1. The highest BCUT2D eigenvalue weighted by atomic mass is 16.7. The van der Waals surface area contributed by atoms with E-state index < -0.39 is 11.9 Å². The van der Waals surface area contributed by atoms with Gasteiger partial charge in [0.1, 0.15) is 5.75 Å².